The lowest BCUT2D eigenvalue weighted by atomic mass is 10.2. The van der Waals surface area contributed by atoms with Crippen LogP contribution < -0.4 is 0 Å². The second kappa shape index (κ2) is 8.53. The van der Waals surface area contributed by atoms with E-state index in [4.69, 9.17) is 37.4 Å². The number of hydrogen-bond donors (Lipinski definition) is 0. The predicted octanol–water partition coefficient (Wildman–Crippen LogP) is 3.94. The van der Waals surface area contributed by atoms with Crippen molar-refractivity contribution >= 4 is 35.1 Å². The molecule has 2 aromatic carbocycles. The Bertz CT molecular complexity index is 643. The first-order valence-electron chi connectivity index (χ1n) is 6.50. The van der Waals surface area contributed by atoms with Crippen LogP contribution in [0.25, 0.3) is 0 Å². The van der Waals surface area contributed by atoms with E-state index in [0.717, 1.165) is 0 Å². The molecule has 0 aromatic heterocycles. The molecule has 5 nitrogen and oxygen atoms in total. The normalized spacial score (nSPS) is 10.2. The van der Waals surface area contributed by atoms with Crippen LogP contribution in [0.4, 0.5) is 0 Å². The molecule has 0 unspecified atom stereocenters. The Morgan fingerprint density at radius 3 is 1.52 bits per heavy atom. The molecule has 0 atom stereocenters. The van der Waals surface area contributed by atoms with Gasteiger partial charge in [0.05, 0.1) is 21.2 Å². The van der Waals surface area contributed by atoms with Crippen LogP contribution in [0.1, 0.15) is 20.7 Å². The third-order valence-corrected chi connectivity index (χ3v) is 3.39. The molecule has 23 heavy (non-hydrogen) atoms. The molecule has 2 rings (SSSR count). The van der Waals surface area contributed by atoms with E-state index in [1.54, 1.807) is 36.4 Å². The lowest BCUT2D eigenvalue weighted by molar-refractivity contribution is -0.0931. The van der Waals surface area contributed by atoms with Crippen molar-refractivity contribution in [2.75, 3.05) is 13.6 Å². The number of carbonyl (C=O) groups is 2. The van der Waals surface area contributed by atoms with Crippen LogP contribution in [0.3, 0.4) is 0 Å². The summed E-state index contributed by atoms with van der Waals surface area (Å²) in [5.74, 6) is -1.26. The molecule has 0 amide bonds. The van der Waals surface area contributed by atoms with Crippen molar-refractivity contribution in [3.63, 3.8) is 0 Å². The molecule has 0 aliphatic heterocycles. The first kappa shape index (κ1) is 17.3. The van der Waals surface area contributed by atoms with E-state index in [2.05, 4.69) is 0 Å². The van der Waals surface area contributed by atoms with Gasteiger partial charge < -0.3 is 14.2 Å². The van der Waals surface area contributed by atoms with Crippen molar-refractivity contribution in [1.29, 1.82) is 0 Å². The second-order valence-corrected chi connectivity index (χ2v) is 5.08. The standard InChI is InChI=1S/C16H12Cl2O5/c17-13-7-3-1-5-11(13)15(19)22-9-21-10-23-16(20)12-6-2-4-8-14(12)18/h1-8H,9-10H2. The average molecular weight is 355 g/mol. The van der Waals surface area contributed by atoms with Gasteiger partial charge in [-0.2, -0.15) is 0 Å². The van der Waals surface area contributed by atoms with Crippen LogP contribution in [-0.4, -0.2) is 25.5 Å². The Labute approximate surface area is 142 Å². The zero-order chi connectivity index (χ0) is 16.7. The molecule has 0 heterocycles. The second-order valence-electron chi connectivity index (χ2n) is 4.26. The van der Waals surface area contributed by atoms with E-state index in [-0.39, 0.29) is 34.8 Å². The van der Waals surface area contributed by atoms with Gasteiger partial charge in [0.15, 0.2) is 13.6 Å². The van der Waals surface area contributed by atoms with Crippen molar-refractivity contribution in [1.82, 2.24) is 0 Å². The maximum Gasteiger partial charge on any atom is 0.341 e. The van der Waals surface area contributed by atoms with Crippen LogP contribution in [0.2, 0.25) is 10.0 Å². The predicted molar refractivity (Wildman–Crippen MR) is 84.6 cm³/mol. The van der Waals surface area contributed by atoms with Crippen LogP contribution in [0, 0.1) is 0 Å². The first-order valence-corrected chi connectivity index (χ1v) is 7.26. The van der Waals surface area contributed by atoms with Crippen LogP contribution in [0.15, 0.2) is 48.5 Å². The number of ether oxygens (including phenoxy) is 3. The minimum Gasteiger partial charge on any atom is -0.435 e. The number of rotatable bonds is 6. The van der Waals surface area contributed by atoms with Crippen molar-refractivity contribution in [3.8, 4) is 0 Å². The zero-order valence-corrected chi connectivity index (χ0v) is 13.3. The van der Waals surface area contributed by atoms with Gasteiger partial charge in [0, 0.05) is 0 Å². The van der Waals surface area contributed by atoms with Crippen molar-refractivity contribution in [2.45, 2.75) is 0 Å². The van der Waals surface area contributed by atoms with Gasteiger partial charge in [0.1, 0.15) is 0 Å². The molecule has 0 saturated carbocycles. The zero-order valence-electron chi connectivity index (χ0n) is 11.8. The molecule has 0 fully saturated rings. The molecule has 0 saturated heterocycles. The summed E-state index contributed by atoms with van der Waals surface area (Å²) in [6, 6.07) is 12.9. The van der Waals surface area contributed by atoms with E-state index >= 15 is 0 Å². The lowest BCUT2D eigenvalue weighted by Gasteiger charge is -2.08. The highest BCUT2D eigenvalue weighted by atomic mass is 35.5. The highest BCUT2D eigenvalue weighted by Crippen LogP contribution is 2.16. The summed E-state index contributed by atoms with van der Waals surface area (Å²) in [4.78, 5) is 23.4. The lowest BCUT2D eigenvalue weighted by Crippen LogP contribution is -2.13. The molecule has 0 aliphatic carbocycles. The molecule has 2 aromatic rings. The highest BCUT2D eigenvalue weighted by Gasteiger charge is 2.12. The Hall–Kier alpha value is -2.08. The number of esters is 2. The van der Waals surface area contributed by atoms with Crippen molar-refractivity contribution in [3.05, 3.63) is 69.7 Å². The van der Waals surface area contributed by atoms with Gasteiger partial charge in [-0.3, -0.25) is 0 Å². The SMILES string of the molecule is O=C(OCOCOC(=O)c1ccccc1Cl)c1ccccc1Cl. The Kier molecular flexibility index (Phi) is 6.40. The third kappa shape index (κ3) is 4.96. The van der Waals surface area contributed by atoms with Gasteiger partial charge in [-0.05, 0) is 24.3 Å². The average Bonchev–Trinajstić information content (AvgIpc) is 2.55. The number of benzene rings is 2. The van der Waals surface area contributed by atoms with Crippen molar-refractivity contribution in [2.24, 2.45) is 0 Å². The minimum absolute atomic E-state index is 0.228. The van der Waals surface area contributed by atoms with E-state index in [0.29, 0.717) is 0 Å². The summed E-state index contributed by atoms with van der Waals surface area (Å²) in [5.41, 5.74) is 0.455. The summed E-state index contributed by atoms with van der Waals surface area (Å²) in [5, 5.41) is 0.560. The molecular formula is C16H12Cl2O5. The molecule has 0 N–H and O–H groups in total. The molecule has 120 valence electrons. The molecule has 0 spiro atoms. The number of hydrogen-bond acceptors (Lipinski definition) is 5. The third-order valence-electron chi connectivity index (χ3n) is 2.73. The van der Waals surface area contributed by atoms with Crippen LogP contribution >= 0.6 is 23.2 Å². The minimum atomic E-state index is -0.631. The summed E-state index contributed by atoms with van der Waals surface area (Å²) < 4.78 is 14.6. The smallest absolute Gasteiger partial charge is 0.341 e. The maximum atomic E-state index is 11.7. The van der Waals surface area contributed by atoms with Gasteiger partial charge in [0.25, 0.3) is 0 Å². The van der Waals surface area contributed by atoms with Gasteiger partial charge in [0.2, 0.25) is 0 Å². The van der Waals surface area contributed by atoms with E-state index < -0.39 is 11.9 Å². The summed E-state index contributed by atoms with van der Waals surface area (Å²) in [7, 11) is 0. The van der Waals surface area contributed by atoms with E-state index in [1.807, 2.05) is 0 Å². The van der Waals surface area contributed by atoms with Crippen LogP contribution in [-0.2, 0) is 14.2 Å². The fraction of sp³-hybridized carbons (Fsp3) is 0.125. The summed E-state index contributed by atoms with van der Waals surface area (Å²) in [6.07, 6.45) is 0. The molecule has 0 radical (unpaired) electrons. The fourth-order valence-corrected chi connectivity index (χ4v) is 2.06. The molecule has 7 heteroatoms. The largest absolute Gasteiger partial charge is 0.435 e. The Balaban J connectivity index is 1.72. The van der Waals surface area contributed by atoms with E-state index in [1.165, 1.54) is 12.1 Å². The number of halogens is 2. The fourth-order valence-electron chi connectivity index (χ4n) is 1.63. The summed E-state index contributed by atoms with van der Waals surface area (Å²) >= 11 is 11.7. The van der Waals surface area contributed by atoms with E-state index in [9.17, 15) is 9.59 Å². The Morgan fingerprint density at radius 1 is 0.739 bits per heavy atom. The topological polar surface area (TPSA) is 61.8 Å². The van der Waals surface area contributed by atoms with Gasteiger partial charge in [-0.15, -0.1) is 0 Å². The highest BCUT2D eigenvalue weighted by molar-refractivity contribution is 6.33. The quantitative estimate of drug-likeness (QED) is 0.446. The first-order chi connectivity index (χ1) is 11.1. The maximum absolute atomic E-state index is 11.7. The summed E-state index contributed by atoms with van der Waals surface area (Å²) in [6.45, 7) is -0.750. The van der Waals surface area contributed by atoms with Gasteiger partial charge in [-0.1, -0.05) is 47.5 Å². The van der Waals surface area contributed by atoms with Crippen molar-refractivity contribution < 1.29 is 23.8 Å². The molecular weight excluding hydrogens is 343 g/mol. The van der Waals surface area contributed by atoms with Crippen LogP contribution in [0.5, 0.6) is 0 Å². The number of carbonyl (C=O) groups excluding carboxylic acids is 2. The Morgan fingerprint density at radius 2 is 1.13 bits per heavy atom. The van der Waals surface area contributed by atoms with Gasteiger partial charge >= 0.3 is 11.9 Å². The van der Waals surface area contributed by atoms with Gasteiger partial charge in [-0.25, -0.2) is 9.59 Å². The monoisotopic (exact) mass is 354 g/mol. The molecule has 0 bridgehead atoms. The molecule has 0 aliphatic rings.